The second kappa shape index (κ2) is 7.81. The normalized spacial score (nSPS) is 11.0. The van der Waals surface area contributed by atoms with E-state index in [0.717, 1.165) is 16.7 Å². The lowest BCUT2D eigenvalue weighted by atomic mass is 10.0. The summed E-state index contributed by atoms with van der Waals surface area (Å²) in [4.78, 5) is 22.8. The van der Waals surface area contributed by atoms with Crippen LogP contribution in [0.1, 0.15) is 22.3 Å². The number of hydrogen-bond donors (Lipinski definition) is 1. The monoisotopic (exact) mass is 369 g/mol. The van der Waals surface area contributed by atoms with Gasteiger partial charge in [0.1, 0.15) is 11.6 Å². The molecule has 6 nitrogen and oxygen atoms in total. The zero-order valence-electron chi connectivity index (χ0n) is 14.5. The number of benzene rings is 2. The number of halogens is 1. The van der Waals surface area contributed by atoms with Crippen molar-refractivity contribution in [3.8, 4) is 6.07 Å². The molecule has 0 heterocycles. The zero-order chi connectivity index (χ0) is 19.4. The molecule has 0 aliphatic rings. The highest BCUT2D eigenvalue weighted by Gasteiger charge is 2.15. The summed E-state index contributed by atoms with van der Waals surface area (Å²) in [6, 6.07) is 9.50. The lowest BCUT2D eigenvalue weighted by Crippen LogP contribution is -2.15. The van der Waals surface area contributed by atoms with Crippen LogP contribution in [0.3, 0.4) is 0 Å². The Labute approximate surface area is 155 Å². The first-order valence-corrected chi connectivity index (χ1v) is 8.05. The highest BCUT2D eigenvalue weighted by molar-refractivity contribution is 6.32. The first kappa shape index (κ1) is 19.2. The maximum absolute atomic E-state index is 12.5. The highest BCUT2D eigenvalue weighted by atomic mass is 35.5. The fraction of sp³-hybridized carbons (Fsp3) is 0.158. The van der Waals surface area contributed by atoms with E-state index in [4.69, 9.17) is 11.6 Å². The summed E-state index contributed by atoms with van der Waals surface area (Å²) in [5.74, 6) is -0.606. The minimum Gasteiger partial charge on any atom is -0.321 e. The molecule has 2 aromatic rings. The Balaban J connectivity index is 2.39. The fourth-order valence-corrected chi connectivity index (χ4v) is 2.79. The van der Waals surface area contributed by atoms with Gasteiger partial charge in [-0.1, -0.05) is 29.3 Å². The Morgan fingerprint density at radius 3 is 2.38 bits per heavy atom. The van der Waals surface area contributed by atoms with Crippen LogP contribution in [-0.2, 0) is 4.79 Å². The number of nitriles is 1. The molecule has 26 heavy (non-hydrogen) atoms. The molecule has 1 N–H and O–H groups in total. The molecule has 0 fully saturated rings. The highest BCUT2D eigenvalue weighted by Crippen LogP contribution is 2.26. The van der Waals surface area contributed by atoms with Gasteiger partial charge in [-0.05, 0) is 44.0 Å². The van der Waals surface area contributed by atoms with Crippen LogP contribution in [0.2, 0.25) is 5.02 Å². The zero-order valence-corrected chi connectivity index (χ0v) is 15.2. The maximum Gasteiger partial charge on any atom is 0.270 e. The third-order valence-electron chi connectivity index (χ3n) is 3.77. The van der Waals surface area contributed by atoms with Gasteiger partial charge >= 0.3 is 0 Å². The molecule has 0 unspecified atom stereocenters. The molecular weight excluding hydrogens is 354 g/mol. The van der Waals surface area contributed by atoms with Crippen LogP contribution in [0.4, 0.5) is 11.4 Å². The van der Waals surface area contributed by atoms with Crippen LogP contribution >= 0.6 is 11.6 Å². The van der Waals surface area contributed by atoms with E-state index in [0.29, 0.717) is 5.69 Å². The summed E-state index contributed by atoms with van der Waals surface area (Å²) in [7, 11) is 0. The molecule has 0 saturated carbocycles. The molecule has 7 heteroatoms. The van der Waals surface area contributed by atoms with E-state index < -0.39 is 10.8 Å². The van der Waals surface area contributed by atoms with Gasteiger partial charge in [-0.25, -0.2) is 0 Å². The van der Waals surface area contributed by atoms with Crippen LogP contribution < -0.4 is 5.32 Å². The lowest BCUT2D eigenvalue weighted by Gasteiger charge is -2.12. The maximum atomic E-state index is 12.5. The minimum atomic E-state index is -0.606. The van der Waals surface area contributed by atoms with Crippen molar-refractivity contribution in [3.63, 3.8) is 0 Å². The van der Waals surface area contributed by atoms with E-state index in [1.165, 1.54) is 24.3 Å². The Kier molecular flexibility index (Phi) is 5.75. The Bertz CT molecular complexity index is 951. The van der Waals surface area contributed by atoms with Crippen molar-refractivity contribution < 1.29 is 9.72 Å². The van der Waals surface area contributed by atoms with E-state index >= 15 is 0 Å². The van der Waals surface area contributed by atoms with Crippen molar-refractivity contribution in [2.45, 2.75) is 20.8 Å². The van der Waals surface area contributed by atoms with Gasteiger partial charge in [0.2, 0.25) is 0 Å². The number of anilines is 1. The van der Waals surface area contributed by atoms with Gasteiger partial charge in [-0.2, -0.15) is 5.26 Å². The molecule has 0 radical (unpaired) electrons. The first-order valence-electron chi connectivity index (χ1n) is 7.68. The quantitative estimate of drug-likeness (QED) is 0.365. The SMILES string of the molecule is Cc1cc(C)c(NC(=O)/C(C#N)=C/c2cc([N+](=O)[O-])ccc2Cl)c(C)c1. The second-order valence-corrected chi connectivity index (χ2v) is 6.27. The molecule has 132 valence electrons. The van der Waals surface area contributed by atoms with Crippen molar-refractivity contribution in [1.29, 1.82) is 5.26 Å². The first-order chi connectivity index (χ1) is 12.2. The van der Waals surface area contributed by atoms with Gasteiger partial charge in [0.25, 0.3) is 11.6 Å². The Hall–Kier alpha value is -3.17. The van der Waals surface area contributed by atoms with Crippen molar-refractivity contribution in [1.82, 2.24) is 0 Å². The van der Waals surface area contributed by atoms with Crippen molar-refractivity contribution in [2.75, 3.05) is 5.32 Å². The number of rotatable bonds is 4. The summed E-state index contributed by atoms with van der Waals surface area (Å²) in [6.07, 6.45) is 1.24. The van der Waals surface area contributed by atoms with Crippen molar-refractivity contribution >= 4 is 35.0 Å². The predicted octanol–water partition coefficient (Wildman–Crippen LogP) is 4.72. The molecule has 0 atom stereocenters. The van der Waals surface area contributed by atoms with E-state index in [1.807, 2.05) is 39.0 Å². The number of carbonyl (C=O) groups excluding carboxylic acids is 1. The number of carbonyl (C=O) groups is 1. The minimum absolute atomic E-state index is 0.177. The Morgan fingerprint density at radius 2 is 1.85 bits per heavy atom. The van der Waals surface area contributed by atoms with E-state index in [1.54, 1.807) is 0 Å². The van der Waals surface area contributed by atoms with Crippen LogP contribution in [0.25, 0.3) is 6.08 Å². The van der Waals surface area contributed by atoms with Gasteiger partial charge in [0, 0.05) is 28.4 Å². The predicted molar refractivity (Wildman–Crippen MR) is 101 cm³/mol. The summed E-state index contributed by atoms with van der Waals surface area (Å²) < 4.78 is 0. The number of nitro benzene ring substituents is 1. The van der Waals surface area contributed by atoms with Gasteiger partial charge < -0.3 is 5.32 Å². The van der Waals surface area contributed by atoms with Crippen LogP contribution in [0.15, 0.2) is 35.9 Å². The van der Waals surface area contributed by atoms with Gasteiger partial charge in [-0.3, -0.25) is 14.9 Å². The second-order valence-electron chi connectivity index (χ2n) is 5.86. The van der Waals surface area contributed by atoms with E-state index in [9.17, 15) is 20.2 Å². The molecule has 1 amide bonds. The van der Waals surface area contributed by atoms with Crippen LogP contribution in [-0.4, -0.2) is 10.8 Å². The van der Waals surface area contributed by atoms with Crippen molar-refractivity contribution in [3.05, 3.63) is 73.3 Å². The lowest BCUT2D eigenvalue weighted by molar-refractivity contribution is -0.384. The molecule has 0 aromatic heterocycles. The number of non-ortho nitro benzene ring substituents is 1. The number of nitro groups is 1. The average molecular weight is 370 g/mol. The summed E-state index contributed by atoms with van der Waals surface area (Å²) in [5.41, 5.74) is 3.30. The van der Waals surface area contributed by atoms with Gasteiger partial charge in [0.05, 0.1) is 4.92 Å². The van der Waals surface area contributed by atoms with E-state index in [-0.39, 0.29) is 21.8 Å². The molecular formula is C19H16ClN3O3. The molecule has 0 saturated heterocycles. The summed E-state index contributed by atoms with van der Waals surface area (Å²) >= 11 is 6.03. The van der Waals surface area contributed by atoms with Gasteiger partial charge in [-0.15, -0.1) is 0 Å². The molecule has 2 aromatic carbocycles. The topological polar surface area (TPSA) is 96.0 Å². The molecule has 0 bridgehead atoms. The van der Waals surface area contributed by atoms with Gasteiger partial charge in [0.15, 0.2) is 0 Å². The number of amides is 1. The van der Waals surface area contributed by atoms with Crippen LogP contribution in [0.5, 0.6) is 0 Å². The molecule has 0 aliphatic heterocycles. The average Bonchev–Trinajstić information content (AvgIpc) is 2.56. The van der Waals surface area contributed by atoms with Crippen molar-refractivity contribution in [2.24, 2.45) is 0 Å². The Morgan fingerprint density at radius 1 is 1.23 bits per heavy atom. The molecule has 2 rings (SSSR count). The standard InChI is InChI=1S/C19H16ClN3O3/c1-11-6-12(2)18(13(3)7-11)22-19(24)15(10-21)8-14-9-16(23(25)26)4-5-17(14)20/h4-9H,1-3H3,(H,22,24)/b15-8+. The fourth-order valence-electron chi connectivity index (χ4n) is 2.62. The number of hydrogen-bond acceptors (Lipinski definition) is 4. The third kappa shape index (κ3) is 4.26. The molecule has 0 spiro atoms. The third-order valence-corrected chi connectivity index (χ3v) is 4.12. The number of aryl methyl sites for hydroxylation is 3. The van der Waals surface area contributed by atoms with E-state index in [2.05, 4.69) is 5.32 Å². The number of nitrogens with zero attached hydrogens (tertiary/aromatic N) is 2. The molecule has 0 aliphatic carbocycles. The summed E-state index contributed by atoms with van der Waals surface area (Å²) in [5, 5.41) is 23.2. The summed E-state index contributed by atoms with van der Waals surface area (Å²) in [6.45, 7) is 5.68. The van der Waals surface area contributed by atoms with Crippen LogP contribution in [0, 0.1) is 42.2 Å². The largest absolute Gasteiger partial charge is 0.321 e. The number of nitrogens with one attached hydrogen (secondary N) is 1. The smallest absolute Gasteiger partial charge is 0.270 e.